The van der Waals surface area contributed by atoms with E-state index >= 15 is 0 Å². The Morgan fingerprint density at radius 2 is 1.82 bits per heavy atom. The molecule has 0 spiro atoms. The number of methoxy groups -OCH3 is 1. The molecule has 1 amide bonds. The van der Waals surface area contributed by atoms with Crippen LogP contribution in [0.2, 0.25) is 0 Å². The van der Waals surface area contributed by atoms with Gasteiger partial charge in [0.1, 0.15) is 5.82 Å². The molecule has 0 atom stereocenters. The Labute approximate surface area is 198 Å². The first-order valence-electron chi connectivity index (χ1n) is 10.4. The van der Waals surface area contributed by atoms with E-state index in [4.69, 9.17) is 9.47 Å². The van der Waals surface area contributed by atoms with E-state index in [2.05, 4.69) is 31.2 Å². The number of amides is 1. The fraction of sp³-hybridized carbons (Fsp3) is 0.160. The molecular weight excluding hydrogens is 486 g/mol. The van der Waals surface area contributed by atoms with E-state index in [9.17, 15) is 9.59 Å². The van der Waals surface area contributed by atoms with Gasteiger partial charge < -0.3 is 19.8 Å². The number of aromatic nitrogens is 2. The quantitative estimate of drug-likeness (QED) is 0.374. The zero-order valence-corrected chi connectivity index (χ0v) is 19.5. The van der Waals surface area contributed by atoms with Crippen molar-refractivity contribution in [3.8, 4) is 22.9 Å². The van der Waals surface area contributed by atoms with E-state index in [1.165, 1.54) is 7.11 Å². The zero-order valence-electron chi connectivity index (χ0n) is 17.9. The minimum absolute atomic E-state index is 0.151. The van der Waals surface area contributed by atoms with Crippen molar-refractivity contribution in [3.63, 3.8) is 0 Å². The summed E-state index contributed by atoms with van der Waals surface area (Å²) in [5.41, 5.74) is 2.15. The summed E-state index contributed by atoms with van der Waals surface area (Å²) in [6.07, 6.45) is 0.743. The average Bonchev–Trinajstić information content (AvgIpc) is 2.83. The number of nitrogens with zero attached hydrogens (tertiary/aromatic N) is 1. The van der Waals surface area contributed by atoms with Crippen LogP contribution in [0.15, 0.2) is 76.0 Å². The molecular formula is C25H22BrN3O4. The predicted octanol–water partition coefficient (Wildman–Crippen LogP) is 4.10. The molecule has 4 rings (SSSR count). The van der Waals surface area contributed by atoms with Gasteiger partial charge in [-0.3, -0.25) is 9.59 Å². The van der Waals surface area contributed by atoms with Crippen LogP contribution in [-0.2, 0) is 11.2 Å². The van der Waals surface area contributed by atoms with Crippen LogP contribution < -0.4 is 20.3 Å². The number of carbonyl (C=O) groups is 1. The number of halogens is 1. The van der Waals surface area contributed by atoms with Gasteiger partial charge in [-0.05, 0) is 52.2 Å². The highest BCUT2D eigenvalue weighted by molar-refractivity contribution is 9.10. The van der Waals surface area contributed by atoms with Gasteiger partial charge in [-0.1, -0.05) is 42.5 Å². The minimum atomic E-state index is -0.228. The third kappa shape index (κ3) is 5.40. The minimum Gasteiger partial charge on any atom is -0.493 e. The molecule has 2 N–H and O–H groups in total. The lowest BCUT2D eigenvalue weighted by Gasteiger charge is -2.14. The van der Waals surface area contributed by atoms with Crippen molar-refractivity contribution < 1.29 is 14.3 Å². The van der Waals surface area contributed by atoms with Gasteiger partial charge in [0, 0.05) is 16.6 Å². The van der Waals surface area contributed by atoms with Gasteiger partial charge >= 0.3 is 0 Å². The maximum atomic E-state index is 12.4. The highest BCUT2D eigenvalue weighted by Gasteiger charge is 2.16. The van der Waals surface area contributed by atoms with Crippen LogP contribution in [-0.4, -0.2) is 36.1 Å². The molecule has 7 nitrogen and oxygen atoms in total. The molecule has 0 unspecified atom stereocenters. The van der Waals surface area contributed by atoms with E-state index in [0.717, 1.165) is 12.0 Å². The van der Waals surface area contributed by atoms with Gasteiger partial charge in [0.15, 0.2) is 18.1 Å². The van der Waals surface area contributed by atoms with E-state index in [1.54, 1.807) is 30.3 Å². The van der Waals surface area contributed by atoms with Gasteiger partial charge in [0.25, 0.3) is 11.5 Å². The molecule has 0 saturated carbocycles. The summed E-state index contributed by atoms with van der Waals surface area (Å²) in [5, 5.41) is 3.36. The van der Waals surface area contributed by atoms with Crippen molar-refractivity contribution in [2.75, 3.05) is 20.3 Å². The number of nitrogens with one attached hydrogen (secondary N) is 2. The van der Waals surface area contributed by atoms with Crippen molar-refractivity contribution in [1.29, 1.82) is 0 Å². The normalized spacial score (nSPS) is 10.7. The molecule has 8 heteroatoms. The standard InChI is InChI=1S/C25H22BrN3O4/c1-32-21-13-18(24-28-20-10-6-5-9-17(20)25(31)29-24)19(26)14-22(21)33-15-23(30)27-12-11-16-7-3-2-4-8-16/h2-10,13-14H,11-12,15H2,1H3,(H,27,30)(H,28,29,31). The fourth-order valence-electron chi connectivity index (χ4n) is 3.39. The van der Waals surface area contributed by atoms with Crippen LogP contribution in [0, 0.1) is 0 Å². The van der Waals surface area contributed by atoms with Crippen molar-refractivity contribution in [3.05, 3.63) is 87.1 Å². The molecule has 3 aromatic carbocycles. The molecule has 0 aliphatic heterocycles. The maximum absolute atomic E-state index is 12.4. The number of para-hydroxylation sites is 1. The van der Waals surface area contributed by atoms with Crippen LogP contribution in [0.4, 0.5) is 0 Å². The van der Waals surface area contributed by atoms with Gasteiger partial charge in [0.2, 0.25) is 0 Å². The molecule has 0 radical (unpaired) electrons. The largest absolute Gasteiger partial charge is 0.493 e. The highest BCUT2D eigenvalue weighted by Crippen LogP contribution is 2.37. The second-order valence-corrected chi connectivity index (χ2v) is 8.14. The smallest absolute Gasteiger partial charge is 0.259 e. The fourth-order valence-corrected chi connectivity index (χ4v) is 3.90. The van der Waals surface area contributed by atoms with Gasteiger partial charge in [-0.2, -0.15) is 0 Å². The van der Waals surface area contributed by atoms with Crippen LogP contribution in [0.25, 0.3) is 22.3 Å². The summed E-state index contributed by atoms with van der Waals surface area (Å²) in [4.78, 5) is 32.0. The van der Waals surface area contributed by atoms with Crippen LogP contribution in [0.3, 0.4) is 0 Å². The first-order chi connectivity index (χ1) is 16.0. The van der Waals surface area contributed by atoms with E-state index in [0.29, 0.717) is 44.8 Å². The number of fused-ring (bicyclic) bond motifs is 1. The van der Waals surface area contributed by atoms with E-state index in [-0.39, 0.29) is 18.1 Å². The van der Waals surface area contributed by atoms with Gasteiger partial charge in [0.05, 0.1) is 18.0 Å². The third-order valence-electron chi connectivity index (χ3n) is 5.06. The van der Waals surface area contributed by atoms with Gasteiger partial charge in [-0.15, -0.1) is 0 Å². The zero-order chi connectivity index (χ0) is 23.2. The highest BCUT2D eigenvalue weighted by atomic mass is 79.9. The number of carbonyl (C=O) groups excluding carboxylic acids is 1. The number of hydrogen-bond acceptors (Lipinski definition) is 5. The first kappa shape index (κ1) is 22.5. The van der Waals surface area contributed by atoms with Crippen molar-refractivity contribution in [1.82, 2.24) is 15.3 Å². The third-order valence-corrected chi connectivity index (χ3v) is 5.71. The van der Waals surface area contributed by atoms with E-state index < -0.39 is 0 Å². The molecule has 0 fully saturated rings. The summed E-state index contributed by atoms with van der Waals surface area (Å²) >= 11 is 3.51. The lowest BCUT2D eigenvalue weighted by Crippen LogP contribution is -2.30. The predicted molar refractivity (Wildman–Crippen MR) is 131 cm³/mol. The summed E-state index contributed by atoms with van der Waals surface area (Å²) in [7, 11) is 1.51. The number of aromatic amines is 1. The number of H-pyrrole nitrogens is 1. The number of benzene rings is 3. The summed E-state index contributed by atoms with van der Waals surface area (Å²) in [6, 6.07) is 20.5. The van der Waals surface area contributed by atoms with Crippen molar-refractivity contribution in [2.24, 2.45) is 0 Å². The Balaban J connectivity index is 1.46. The monoisotopic (exact) mass is 507 g/mol. The number of rotatable bonds is 8. The maximum Gasteiger partial charge on any atom is 0.259 e. The summed E-state index contributed by atoms with van der Waals surface area (Å²) < 4.78 is 11.8. The van der Waals surface area contributed by atoms with Crippen molar-refractivity contribution >= 4 is 32.7 Å². The molecule has 168 valence electrons. The lowest BCUT2D eigenvalue weighted by atomic mass is 10.1. The second-order valence-electron chi connectivity index (χ2n) is 7.29. The second kappa shape index (κ2) is 10.3. The van der Waals surface area contributed by atoms with Crippen LogP contribution in [0.1, 0.15) is 5.56 Å². The van der Waals surface area contributed by atoms with Crippen molar-refractivity contribution in [2.45, 2.75) is 6.42 Å². The first-order valence-corrected chi connectivity index (χ1v) is 11.1. The Kier molecular flexibility index (Phi) is 7.04. The lowest BCUT2D eigenvalue weighted by molar-refractivity contribution is -0.123. The molecule has 0 aliphatic rings. The molecule has 0 aliphatic carbocycles. The number of hydrogen-bond donors (Lipinski definition) is 2. The Morgan fingerprint density at radius 3 is 2.61 bits per heavy atom. The average molecular weight is 508 g/mol. The molecule has 0 bridgehead atoms. The van der Waals surface area contributed by atoms with Crippen LogP contribution in [0.5, 0.6) is 11.5 Å². The molecule has 0 saturated heterocycles. The Hall–Kier alpha value is -3.65. The Morgan fingerprint density at radius 1 is 1.06 bits per heavy atom. The van der Waals surface area contributed by atoms with Crippen LogP contribution >= 0.6 is 15.9 Å². The SMILES string of the molecule is COc1cc(-c2nc3ccccc3c(=O)[nH]2)c(Br)cc1OCC(=O)NCCc1ccccc1. The molecule has 4 aromatic rings. The topological polar surface area (TPSA) is 93.3 Å². The summed E-state index contributed by atoms with van der Waals surface area (Å²) in [6.45, 7) is 0.370. The summed E-state index contributed by atoms with van der Waals surface area (Å²) in [5.74, 6) is 0.985. The number of ether oxygens (including phenoxy) is 2. The molecule has 1 heterocycles. The van der Waals surface area contributed by atoms with E-state index in [1.807, 2.05) is 36.4 Å². The molecule has 1 aromatic heterocycles. The van der Waals surface area contributed by atoms with Gasteiger partial charge in [-0.25, -0.2) is 4.98 Å². The Bertz CT molecular complexity index is 1340. The molecule has 33 heavy (non-hydrogen) atoms.